The molecular weight excluding hydrogens is 174 g/mol. The van der Waals surface area contributed by atoms with Gasteiger partial charge in [0.15, 0.2) is 0 Å². The molecular formula is C9H9ClNO. The highest BCUT2D eigenvalue weighted by atomic mass is 35.5. The van der Waals surface area contributed by atoms with Crippen molar-refractivity contribution in [3.63, 3.8) is 0 Å². The van der Waals surface area contributed by atoms with E-state index in [-0.39, 0.29) is 0 Å². The molecule has 1 rings (SSSR count). The topological polar surface area (TPSA) is 43.1 Å². The molecule has 0 amide bonds. The van der Waals surface area contributed by atoms with E-state index in [1.165, 1.54) is 0 Å². The van der Waals surface area contributed by atoms with E-state index in [1.54, 1.807) is 18.4 Å². The lowest BCUT2D eigenvalue weighted by atomic mass is 10.1. The molecule has 1 radical (unpaired) electrons. The number of hydrogen-bond acceptors (Lipinski definition) is 2. The molecule has 0 saturated heterocycles. The van der Waals surface area contributed by atoms with Gasteiger partial charge in [-0.15, -0.1) is 0 Å². The van der Waals surface area contributed by atoms with Gasteiger partial charge in [-0.2, -0.15) is 0 Å². The van der Waals surface area contributed by atoms with Crippen LogP contribution in [0.15, 0.2) is 24.3 Å². The minimum Gasteiger partial charge on any atom is -0.321 e. The van der Waals surface area contributed by atoms with Crippen molar-refractivity contribution >= 4 is 17.9 Å². The molecule has 0 aliphatic carbocycles. The molecule has 0 heterocycles. The smallest absolute Gasteiger partial charge is 0.217 e. The minimum atomic E-state index is -0.536. The van der Waals surface area contributed by atoms with Crippen molar-refractivity contribution in [2.24, 2.45) is 5.73 Å². The molecule has 0 bridgehead atoms. The molecule has 0 saturated carbocycles. The van der Waals surface area contributed by atoms with Crippen molar-refractivity contribution in [2.75, 3.05) is 0 Å². The number of halogens is 1. The Balaban J connectivity index is 2.64. The number of benzene rings is 1. The molecule has 0 aliphatic rings. The largest absolute Gasteiger partial charge is 0.321 e. The third-order valence-corrected chi connectivity index (χ3v) is 1.77. The fraction of sp³-hybridized carbons (Fsp3) is 0.222. The van der Waals surface area contributed by atoms with Crippen molar-refractivity contribution < 1.29 is 4.79 Å². The van der Waals surface area contributed by atoms with Crippen molar-refractivity contribution in [3.8, 4) is 0 Å². The zero-order chi connectivity index (χ0) is 8.97. The minimum absolute atomic E-state index is 0.515. The summed E-state index contributed by atoms with van der Waals surface area (Å²) in [5, 5.41) is 0.683. The second-order valence-electron chi connectivity index (χ2n) is 2.55. The van der Waals surface area contributed by atoms with Crippen LogP contribution in [0.5, 0.6) is 0 Å². The second-order valence-corrected chi connectivity index (χ2v) is 2.99. The molecule has 0 spiro atoms. The Kier molecular flexibility index (Phi) is 3.26. The molecule has 1 atom stereocenters. The van der Waals surface area contributed by atoms with Crippen LogP contribution in [0.25, 0.3) is 0 Å². The first-order valence-corrected chi connectivity index (χ1v) is 3.98. The summed E-state index contributed by atoms with van der Waals surface area (Å²) in [5.74, 6) is 0. The number of hydrogen-bond donors (Lipinski definition) is 1. The Morgan fingerprint density at radius 3 is 2.50 bits per heavy atom. The van der Waals surface area contributed by atoms with Crippen molar-refractivity contribution in [3.05, 3.63) is 34.9 Å². The normalized spacial score (nSPS) is 12.5. The van der Waals surface area contributed by atoms with Crippen LogP contribution < -0.4 is 5.73 Å². The van der Waals surface area contributed by atoms with Crippen LogP contribution in [0.2, 0.25) is 5.02 Å². The van der Waals surface area contributed by atoms with Crippen LogP contribution in [-0.4, -0.2) is 12.3 Å². The lowest BCUT2D eigenvalue weighted by molar-refractivity contribution is 0.541. The molecule has 2 nitrogen and oxygen atoms in total. The summed E-state index contributed by atoms with van der Waals surface area (Å²) in [6, 6.07) is 6.70. The Morgan fingerprint density at radius 1 is 1.42 bits per heavy atom. The van der Waals surface area contributed by atoms with Gasteiger partial charge in [-0.1, -0.05) is 23.7 Å². The Morgan fingerprint density at radius 2 is 2.00 bits per heavy atom. The number of rotatable bonds is 3. The fourth-order valence-electron chi connectivity index (χ4n) is 0.916. The van der Waals surface area contributed by atoms with Crippen LogP contribution in [0, 0.1) is 0 Å². The van der Waals surface area contributed by atoms with E-state index in [9.17, 15) is 4.79 Å². The molecule has 2 N–H and O–H groups in total. The van der Waals surface area contributed by atoms with E-state index >= 15 is 0 Å². The van der Waals surface area contributed by atoms with Gasteiger partial charge in [-0.25, -0.2) is 0 Å². The molecule has 1 aromatic rings. The van der Waals surface area contributed by atoms with Crippen LogP contribution >= 0.6 is 11.6 Å². The first kappa shape index (κ1) is 9.23. The van der Waals surface area contributed by atoms with Gasteiger partial charge in [-0.05, 0) is 24.1 Å². The number of nitrogens with two attached hydrogens (primary N) is 1. The van der Waals surface area contributed by atoms with Crippen molar-refractivity contribution in [1.82, 2.24) is 0 Å². The predicted octanol–water partition coefficient (Wildman–Crippen LogP) is 1.32. The molecule has 12 heavy (non-hydrogen) atoms. The van der Waals surface area contributed by atoms with Gasteiger partial charge in [0.2, 0.25) is 6.29 Å². The number of carbonyl (C=O) groups excluding carboxylic acids is 1. The highest BCUT2D eigenvalue weighted by Crippen LogP contribution is 2.10. The average Bonchev–Trinajstić information content (AvgIpc) is 2.09. The molecule has 0 aliphatic heterocycles. The highest BCUT2D eigenvalue weighted by molar-refractivity contribution is 6.30. The summed E-state index contributed by atoms with van der Waals surface area (Å²) in [7, 11) is 0. The van der Waals surface area contributed by atoms with Crippen LogP contribution in [0.1, 0.15) is 5.56 Å². The standard InChI is InChI=1S/C9H9ClNO/c10-8-3-1-7(2-4-8)5-9(11)6-12/h1-4,9H,5,11H2/t9-/m0/s1. The molecule has 3 heteroatoms. The highest BCUT2D eigenvalue weighted by Gasteiger charge is 2.01. The van der Waals surface area contributed by atoms with Gasteiger partial charge in [0.25, 0.3) is 0 Å². The first-order chi connectivity index (χ1) is 5.72. The maximum atomic E-state index is 10.1. The lowest BCUT2D eigenvalue weighted by Crippen LogP contribution is -2.23. The third kappa shape index (κ3) is 2.64. The summed E-state index contributed by atoms with van der Waals surface area (Å²) in [4.78, 5) is 10.1. The van der Waals surface area contributed by atoms with Gasteiger partial charge < -0.3 is 5.73 Å². The summed E-state index contributed by atoms with van der Waals surface area (Å²) < 4.78 is 0. The van der Waals surface area contributed by atoms with Gasteiger partial charge in [0.1, 0.15) is 0 Å². The molecule has 0 aromatic heterocycles. The predicted molar refractivity (Wildman–Crippen MR) is 48.8 cm³/mol. The zero-order valence-electron chi connectivity index (χ0n) is 6.46. The first-order valence-electron chi connectivity index (χ1n) is 3.60. The van der Waals surface area contributed by atoms with Crippen LogP contribution in [0.3, 0.4) is 0 Å². The van der Waals surface area contributed by atoms with E-state index in [0.29, 0.717) is 11.4 Å². The molecule has 1 aromatic carbocycles. The van der Waals surface area contributed by atoms with Crippen molar-refractivity contribution in [1.29, 1.82) is 0 Å². The van der Waals surface area contributed by atoms with Gasteiger partial charge >= 0.3 is 0 Å². The lowest BCUT2D eigenvalue weighted by Gasteiger charge is -2.02. The van der Waals surface area contributed by atoms with E-state index in [0.717, 1.165) is 5.56 Å². The zero-order valence-corrected chi connectivity index (χ0v) is 7.21. The quantitative estimate of drug-likeness (QED) is 0.766. The fourth-order valence-corrected chi connectivity index (χ4v) is 1.04. The average molecular weight is 183 g/mol. The van der Waals surface area contributed by atoms with E-state index in [2.05, 4.69) is 0 Å². The van der Waals surface area contributed by atoms with E-state index < -0.39 is 6.04 Å². The Labute approximate surface area is 76.3 Å². The monoisotopic (exact) mass is 182 g/mol. The van der Waals surface area contributed by atoms with E-state index in [1.807, 2.05) is 12.1 Å². The molecule has 0 fully saturated rings. The summed E-state index contributed by atoms with van der Waals surface area (Å²) in [6.07, 6.45) is 2.24. The summed E-state index contributed by atoms with van der Waals surface area (Å²) in [5.41, 5.74) is 6.38. The maximum Gasteiger partial charge on any atom is 0.217 e. The SMILES string of the molecule is N[C@H]([C]=O)Cc1ccc(Cl)cc1. The molecule has 63 valence electrons. The summed E-state index contributed by atoms with van der Waals surface area (Å²) in [6.45, 7) is 0. The van der Waals surface area contributed by atoms with Gasteiger partial charge in [0, 0.05) is 5.02 Å². The van der Waals surface area contributed by atoms with E-state index in [4.69, 9.17) is 17.3 Å². The summed E-state index contributed by atoms with van der Waals surface area (Å²) >= 11 is 5.67. The maximum absolute atomic E-state index is 10.1. The van der Waals surface area contributed by atoms with Crippen LogP contribution in [0.4, 0.5) is 0 Å². The Bertz CT molecular complexity index is 258. The molecule has 0 unspecified atom stereocenters. The van der Waals surface area contributed by atoms with Crippen molar-refractivity contribution in [2.45, 2.75) is 12.5 Å². The third-order valence-electron chi connectivity index (χ3n) is 1.52. The second kappa shape index (κ2) is 4.24. The van der Waals surface area contributed by atoms with Gasteiger partial charge in [0.05, 0.1) is 6.04 Å². The Hall–Kier alpha value is -0.860. The van der Waals surface area contributed by atoms with Crippen LogP contribution in [-0.2, 0) is 11.2 Å². The van der Waals surface area contributed by atoms with Gasteiger partial charge in [-0.3, -0.25) is 4.79 Å².